The van der Waals surface area contributed by atoms with Crippen molar-refractivity contribution in [1.29, 1.82) is 0 Å². The molecule has 0 saturated heterocycles. The van der Waals surface area contributed by atoms with Crippen LogP contribution >= 0.6 is 11.3 Å². The molecule has 0 spiro atoms. The van der Waals surface area contributed by atoms with Gasteiger partial charge in [0.15, 0.2) is 6.29 Å². The van der Waals surface area contributed by atoms with Crippen molar-refractivity contribution in [2.75, 3.05) is 14.1 Å². The molecule has 0 aliphatic carbocycles. The van der Waals surface area contributed by atoms with Gasteiger partial charge in [0.05, 0.1) is 4.88 Å². The minimum atomic E-state index is 0.818. The van der Waals surface area contributed by atoms with Crippen LogP contribution in [0.4, 0.5) is 0 Å². The van der Waals surface area contributed by atoms with Crippen LogP contribution in [0, 0.1) is 0 Å². The van der Waals surface area contributed by atoms with Crippen LogP contribution in [0.15, 0.2) is 24.3 Å². The summed E-state index contributed by atoms with van der Waals surface area (Å²) in [7, 11) is 4.03. The van der Waals surface area contributed by atoms with Gasteiger partial charge in [0, 0.05) is 11.2 Å². The molecule has 2 aromatic rings. The van der Waals surface area contributed by atoms with E-state index in [0.29, 0.717) is 0 Å². The van der Waals surface area contributed by atoms with Gasteiger partial charge in [0.2, 0.25) is 0 Å². The van der Waals surface area contributed by atoms with Crippen molar-refractivity contribution in [3.63, 3.8) is 0 Å². The fraction of sp³-hybridized carbons (Fsp3) is 0.250. The molecular formula is C12H13NOS. The normalized spacial score (nSPS) is 11.1. The second-order valence-corrected chi connectivity index (χ2v) is 4.88. The van der Waals surface area contributed by atoms with E-state index < -0.39 is 0 Å². The van der Waals surface area contributed by atoms with Crippen LogP contribution < -0.4 is 0 Å². The molecule has 78 valence electrons. The maximum Gasteiger partial charge on any atom is 0.160 e. The minimum absolute atomic E-state index is 0.818. The van der Waals surface area contributed by atoms with E-state index in [1.165, 1.54) is 10.1 Å². The van der Waals surface area contributed by atoms with Gasteiger partial charge >= 0.3 is 0 Å². The summed E-state index contributed by atoms with van der Waals surface area (Å²) in [5, 5.41) is 1.21. The summed E-state index contributed by atoms with van der Waals surface area (Å²) < 4.78 is 1.19. The molecule has 0 bridgehead atoms. The smallest absolute Gasteiger partial charge is 0.160 e. The lowest BCUT2D eigenvalue weighted by Gasteiger charge is -2.09. The number of carbonyl (C=O) groups excluding carboxylic acids is 1. The Bertz CT molecular complexity index is 487. The lowest BCUT2D eigenvalue weighted by atomic mass is 10.1. The molecule has 0 fully saturated rings. The van der Waals surface area contributed by atoms with Gasteiger partial charge < -0.3 is 4.90 Å². The molecule has 2 rings (SSSR count). The number of benzene rings is 1. The molecule has 0 amide bonds. The van der Waals surface area contributed by atoms with Crippen molar-refractivity contribution in [2.24, 2.45) is 0 Å². The van der Waals surface area contributed by atoms with Crippen molar-refractivity contribution in [3.05, 3.63) is 34.7 Å². The molecule has 0 saturated carbocycles. The molecule has 0 radical (unpaired) electrons. The summed E-state index contributed by atoms with van der Waals surface area (Å²) in [5.41, 5.74) is 1.15. The second-order valence-electron chi connectivity index (χ2n) is 3.80. The van der Waals surface area contributed by atoms with Crippen molar-refractivity contribution in [2.45, 2.75) is 6.54 Å². The highest BCUT2D eigenvalue weighted by Crippen LogP contribution is 2.30. The van der Waals surface area contributed by atoms with Gasteiger partial charge in [-0.25, -0.2) is 0 Å². The molecule has 2 nitrogen and oxygen atoms in total. The fourth-order valence-corrected chi connectivity index (χ4v) is 2.72. The van der Waals surface area contributed by atoms with Crippen molar-refractivity contribution in [3.8, 4) is 0 Å². The molecule has 1 aromatic heterocycles. The predicted octanol–water partition coefficient (Wildman–Crippen LogP) is 2.78. The average molecular weight is 219 g/mol. The van der Waals surface area contributed by atoms with Gasteiger partial charge in [0.25, 0.3) is 0 Å². The van der Waals surface area contributed by atoms with E-state index in [1.807, 2.05) is 26.2 Å². The van der Waals surface area contributed by atoms with Gasteiger partial charge in [0.1, 0.15) is 0 Å². The van der Waals surface area contributed by atoms with Crippen LogP contribution in [0.25, 0.3) is 10.1 Å². The molecule has 1 aromatic carbocycles. The highest BCUT2D eigenvalue weighted by Gasteiger charge is 2.11. The molecule has 15 heavy (non-hydrogen) atoms. The number of nitrogens with zero attached hydrogens (tertiary/aromatic N) is 1. The van der Waals surface area contributed by atoms with Crippen LogP contribution in [0.1, 0.15) is 15.2 Å². The number of carbonyl (C=O) groups is 1. The van der Waals surface area contributed by atoms with Crippen LogP contribution in [-0.4, -0.2) is 25.3 Å². The Morgan fingerprint density at radius 3 is 2.73 bits per heavy atom. The van der Waals surface area contributed by atoms with Crippen molar-refractivity contribution < 1.29 is 4.79 Å². The predicted molar refractivity (Wildman–Crippen MR) is 64.6 cm³/mol. The fourth-order valence-electron chi connectivity index (χ4n) is 1.69. The minimum Gasteiger partial charge on any atom is -0.305 e. The maximum atomic E-state index is 11.0. The van der Waals surface area contributed by atoms with Gasteiger partial charge in [-0.05, 0) is 31.1 Å². The lowest BCUT2D eigenvalue weighted by Crippen LogP contribution is -2.11. The molecule has 1 heterocycles. The van der Waals surface area contributed by atoms with E-state index >= 15 is 0 Å². The van der Waals surface area contributed by atoms with Gasteiger partial charge in [-0.3, -0.25) is 4.79 Å². The monoisotopic (exact) mass is 219 g/mol. The molecule has 0 atom stereocenters. The largest absolute Gasteiger partial charge is 0.305 e. The maximum absolute atomic E-state index is 11.0. The molecule has 0 N–H and O–H groups in total. The van der Waals surface area contributed by atoms with Crippen molar-refractivity contribution in [1.82, 2.24) is 4.90 Å². The highest BCUT2D eigenvalue weighted by atomic mass is 32.1. The Morgan fingerprint density at radius 1 is 1.33 bits per heavy atom. The molecule has 3 heteroatoms. The Kier molecular flexibility index (Phi) is 2.84. The SMILES string of the molecule is CN(C)Cc1c(C=O)sc2ccccc12. The van der Waals surface area contributed by atoms with Gasteiger partial charge in [-0.15, -0.1) is 11.3 Å². The third-order valence-corrected chi connectivity index (χ3v) is 3.45. The Hall–Kier alpha value is -1.19. The van der Waals surface area contributed by atoms with E-state index in [0.717, 1.165) is 23.3 Å². The number of fused-ring (bicyclic) bond motifs is 1. The van der Waals surface area contributed by atoms with E-state index in [9.17, 15) is 4.79 Å². The Labute approximate surface area is 93.1 Å². The highest BCUT2D eigenvalue weighted by molar-refractivity contribution is 7.20. The number of hydrogen-bond acceptors (Lipinski definition) is 3. The van der Waals surface area contributed by atoms with E-state index in [1.54, 1.807) is 11.3 Å². The zero-order chi connectivity index (χ0) is 10.8. The topological polar surface area (TPSA) is 20.3 Å². The summed E-state index contributed by atoms with van der Waals surface area (Å²) in [6.07, 6.45) is 0.962. The summed E-state index contributed by atoms with van der Waals surface area (Å²) in [6.45, 7) is 0.818. The summed E-state index contributed by atoms with van der Waals surface area (Å²) in [4.78, 5) is 13.9. The first-order valence-electron chi connectivity index (χ1n) is 4.82. The van der Waals surface area contributed by atoms with Gasteiger partial charge in [-0.1, -0.05) is 18.2 Å². The van der Waals surface area contributed by atoms with E-state index in [2.05, 4.69) is 17.0 Å². The number of rotatable bonds is 3. The van der Waals surface area contributed by atoms with E-state index in [4.69, 9.17) is 0 Å². The Balaban J connectivity index is 2.61. The number of thiophene rings is 1. The van der Waals surface area contributed by atoms with Crippen LogP contribution in [-0.2, 0) is 6.54 Å². The summed E-state index contributed by atoms with van der Waals surface area (Å²) >= 11 is 1.57. The van der Waals surface area contributed by atoms with Crippen LogP contribution in [0.3, 0.4) is 0 Å². The molecular weight excluding hydrogens is 206 g/mol. The third-order valence-electron chi connectivity index (χ3n) is 2.31. The second kappa shape index (κ2) is 4.13. The van der Waals surface area contributed by atoms with Crippen LogP contribution in [0.5, 0.6) is 0 Å². The molecule has 0 aliphatic heterocycles. The summed E-state index contributed by atoms with van der Waals surface area (Å²) in [5.74, 6) is 0. The zero-order valence-electron chi connectivity index (χ0n) is 8.86. The zero-order valence-corrected chi connectivity index (χ0v) is 9.67. The first-order valence-corrected chi connectivity index (χ1v) is 5.64. The van der Waals surface area contributed by atoms with E-state index in [-0.39, 0.29) is 0 Å². The molecule has 0 unspecified atom stereocenters. The Morgan fingerprint density at radius 2 is 2.07 bits per heavy atom. The third kappa shape index (κ3) is 1.94. The number of aldehydes is 1. The molecule has 0 aliphatic rings. The number of hydrogen-bond donors (Lipinski definition) is 0. The van der Waals surface area contributed by atoms with Gasteiger partial charge in [-0.2, -0.15) is 0 Å². The first-order chi connectivity index (χ1) is 7.22. The standard InChI is InChI=1S/C12H13NOS/c1-13(2)7-10-9-5-3-4-6-11(9)15-12(10)8-14/h3-6,8H,7H2,1-2H3. The quantitative estimate of drug-likeness (QED) is 0.740. The van der Waals surface area contributed by atoms with Crippen molar-refractivity contribution >= 4 is 27.7 Å². The summed E-state index contributed by atoms with van der Waals surface area (Å²) in [6, 6.07) is 8.17. The first kappa shape index (κ1) is 10.3. The average Bonchev–Trinajstić information content (AvgIpc) is 2.56. The lowest BCUT2D eigenvalue weighted by molar-refractivity contribution is 0.112. The van der Waals surface area contributed by atoms with Crippen LogP contribution in [0.2, 0.25) is 0 Å².